The number of pyridine rings is 1. The highest BCUT2D eigenvalue weighted by Gasteiger charge is 2.26. The molecule has 124 valence electrons. The van der Waals surface area contributed by atoms with Crippen LogP contribution in [0.4, 0.5) is 11.5 Å². The van der Waals surface area contributed by atoms with Gasteiger partial charge in [-0.25, -0.2) is 4.98 Å². The number of nitro groups is 1. The monoisotopic (exact) mass is 326 g/mol. The summed E-state index contributed by atoms with van der Waals surface area (Å²) in [6, 6.07) is 12.3. The minimum Gasteiger partial charge on any atom is -0.356 e. The summed E-state index contributed by atoms with van der Waals surface area (Å²) in [6.45, 7) is 1.17. The second kappa shape index (κ2) is 7.08. The van der Waals surface area contributed by atoms with Crippen molar-refractivity contribution in [1.82, 2.24) is 9.88 Å². The molecule has 1 N–H and O–H groups in total. The Morgan fingerprint density at radius 1 is 1.25 bits per heavy atom. The van der Waals surface area contributed by atoms with Crippen LogP contribution in [0.2, 0.25) is 0 Å². The van der Waals surface area contributed by atoms with Crippen LogP contribution in [0.15, 0.2) is 48.7 Å². The van der Waals surface area contributed by atoms with Gasteiger partial charge >= 0.3 is 5.69 Å². The zero-order valence-corrected chi connectivity index (χ0v) is 13.1. The average molecular weight is 326 g/mol. The van der Waals surface area contributed by atoms with Crippen LogP contribution in [0.5, 0.6) is 0 Å². The van der Waals surface area contributed by atoms with Crippen LogP contribution in [0.3, 0.4) is 0 Å². The molecule has 24 heavy (non-hydrogen) atoms. The van der Waals surface area contributed by atoms with Crippen molar-refractivity contribution >= 4 is 17.4 Å². The molecule has 0 radical (unpaired) electrons. The van der Waals surface area contributed by atoms with E-state index in [9.17, 15) is 14.9 Å². The minimum absolute atomic E-state index is 0.0776. The number of likely N-dealkylation sites (tertiary alicyclic amines) is 1. The topological polar surface area (TPSA) is 88.4 Å². The molecule has 7 heteroatoms. The number of aromatic nitrogens is 1. The number of nitrogens with zero attached hydrogens (tertiary/aromatic N) is 3. The molecule has 1 unspecified atom stereocenters. The largest absolute Gasteiger partial charge is 0.356 e. The van der Waals surface area contributed by atoms with E-state index >= 15 is 0 Å². The number of amides is 1. The van der Waals surface area contributed by atoms with Crippen molar-refractivity contribution in [3.8, 4) is 0 Å². The van der Waals surface area contributed by atoms with Gasteiger partial charge < -0.3 is 10.2 Å². The standard InChI is InChI=1S/C17H18N4O3/c22-16-9-5-11-20(16)12-14(13-6-2-1-3-7-13)19-17-15(21(23)24)8-4-10-18-17/h1-4,6-8,10,14H,5,9,11-12H2,(H,18,19). The molecule has 1 amide bonds. The fourth-order valence-corrected chi connectivity index (χ4v) is 2.86. The highest BCUT2D eigenvalue weighted by Crippen LogP contribution is 2.27. The third kappa shape index (κ3) is 3.51. The van der Waals surface area contributed by atoms with E-state index in [0.29, 0.717) is 19.5 Å². The van der Waals surface area contributed by atoms with Gasteiger partial charge in [-0.1, -0.05) is 30.3 Å². The zero-order chi connectivity index (χ0) is 16.9. The summed E-state index contributed by atoms with van der Waals surface area (Å²) in [7, 11) is 0. The maximum Gasteiger partial charge on any atom is 0.311 e. The number of carbonyl (C=O) groups is 1. The van der Waals surface area contributed by atoms with Crippen LogP contribution < -0.4 is 5.32 Å². The highest BCUT2D eigenvalue weighted by molar-refractivity contribution is 5.78. The van der Waals surface area contributed by atoms with Crippen molar-refractivity contribution in [2.45, 2.75) is 18.9 Å². The van der Waals surface area contributed by atoms with E-state index in [2.05, 4.69) is 10.3 Å². The van der Waals surface area contributed by atoms with Crippen molar-refractivity contribution < 1.29 is 9.72 Å². The molecule has 0 saturated carbocycles. The number of hydrogen-bond acceptors (Lipinski definition) is 5. The number of carbonyl (C=O) groups excluding carboxylic acids is 1. The summed E-state index contributed by atoms with van der Waals surface area (Å²) in [5, 5.41) is 14.3. The Bertz CT molecular complexity index is 736. The lowest BCUT2D eigenvalue weighted by molar-refractivity contribution is -0.384. The Morgan fingerprint density at radius 2 is 2.04 bits per heavy atom. The molecule has 1 aliphatic rings. The fourth-order valence-electron chi connectivity index (χ4n) is 2.86. The van der Waals surface area contributed by atoms with Gasteiger partial charge in [-0.2, -0.15) is 0 Å². The van der Waals surface area contributed by atoms with E-state index in [1.54, 1.807) is 4.90 Å². The number of benzene rings is 1. The number of rotatable bonds is 6. The molecule has 2 aromatic rings. The van der Waals surface area contributed by atoms with Gasteiger partial charge in [-0.15, -0.1) is 0 Å². The van der Waals surface area contributed by atoms with Gasteiger partial charge in [0, 0.05) is 31.8 Å². The van der Waals surface area contributed by atoms with E-state index < -0.39 is 4.92 Å². The van der Waals surface area contributed by atoms with Gasteiger partial charge in [-0.05, 0) is 18.1 Å². The minimum atomic E-state index is -0.460. The van der Waals surface area contributed by atoms with Crippen molar-refractivity contribution in [2.24, 2.45) is 0 Å². The zero-order valence-electron chi connectivity index (χ0n) is 13.1. The van der Waals surface area contributed by atoms with E-state index in [-0.39, 0.29) is 23.5 Å². The molecule has 7 nitrogen and oxygen atoms in total. The van der Waals surface area contributed by atoms with Gasteiger partial charge in [-0.3, -0.25) is 14.9 Å². The summed E-state index contributed by atoms with van der Waals surface area (Å²) in [6.07, 6.45) is 2.92. The van der Waals surface area contributed by atoms with E-state index in [1.165, 1.54) is 18.3 Å². The number of anilines is 1. The summed E-state index contributed by atoms with van der Waals surface area (Å²) >= 11 is 0. The first kappa shape index (κ1) is 15.9. The van der Waals surface area contributed by atoms with E-state index in [1.807, 2.05) is 30.3 Å². The lowest BCUT2D eigenvalue weighted by Gasteiger charge is -2.25. The van der Waals surface area contributed by atoms with Crippen LogP contribution >= 0.6 is 0 Å². The molecule has 0 bridgehead atoms. The third-order valence-corrected chi connectivity index (χ3v) is 4.07. The van der Waals surface area contributed by atoms with Crippen molar-refractivity contribution in [3.05, 3.63) is 64.3 Å². The van der Waals surface area contributed by atoms with E-state index in [4.69, 9.17) is 0 Å². The summed E-state index contributed by atoms with van der Waals surface area (Å²) in [4.78, 5) is 28.6. The molecular weight excluding hydrogens is 308 g/mol. The molecule has 1 saturated heterocycles. The van der Waals surface area contributed by atoms with Gasteiger partial charge in [0.15, 0.2) is 0 Å². The predicted molar refractivity (Wildman–Crippen MR) is 89.5 cm³/mol. The van der Waals surface area contributed by atoms with Gasteiger partial charge in [0.25, 0.3) is 0 Å². The lowest BCUT2D eigenvalue weighted by Crippen LogP contribution is -2.32. The molecule has 3 rings (SSSR count). The third-order valence-electron chi connectivity index (χ3n) is 4.07. The summed E-state index contributed by atoms with van der Waals surface area (Å²) in [5.41, 5.74) is 0.878. The predicted octanol–water partition coefficient (Wildman–Crippen LogP) is 2.77. The number of nitrogens with one attached hydrogen (secondary N) is 1. The van der Waals surface area contributed by atoms with Crippen molar-refractivity contribution in [1.29, 1.82) is 0 Å². The molecule has 0 aliphatic carbocycles. The second-order valence-corrected chi connectivity index (χ2v) is 5.68. The summed E-state index contributed by atoms with van der Waals surface area (Å²) < 4.78 is 0. The number of hydrogen-bond donors (Lipinski definition) is 1. The molecular formula is C17H18N4O3. The second-order valence-electron chi connectivity index (χ2n) is 5.68. The Labute approximate surface area is 139 Å². The van der Waals surface area contributed by atoms with Crippen LogP contribution in [-0.4, -0.2) is 33.8 Å². The normalized spacial score (nSPS) is 15.3. The van der Waals surface area contributed by atoms with E-state index in [0.717, 1.165) is 12.0 Å². The molecule has 1 aromatic carbocycles. The Hall–Kier alpha value is -2.96. The maximum absolute atomic E-state index is 11.9. The van der Waals surface area contributed by atoms with Crippen LogP contribution in [0.1, 0.15) is 24.4 Å². The maximum atomic E-state index is 11.9. The SMILES string of the molecule is O=C1CCCN1CC(Nc1ncccc1[N+](=O)[O-])c1ccccc1. The first-order valence-corrected chi connectivity index (χ1v) is 7.84. The summed E-state index contributed by atoms with van der Waals surface area (Å²) in [5.74, 6) is 0.330. The van der Waals surface area contributed by atoms with Crippen LogP contribution in [0, 0.1) is 10.1 Å². The Balaban J connectivity index is 1.88. The van der Waals surface area contributed by atoms with Crippen LogP contribution in [-0.2, 0) is 4.79 Å². The molecule has 2 heterocycles. The smallest absolute Gasteiger partial charge is 0.311 e. The van der Waals surface area contributed by atoms with Gasteiger partial charge in [0.2, 0.25) is 11.7 Å². The first-order chi connectivity index (χ1) is 11.6. The molecule has 1 atom stereocenters. The molecule has 1 aliphatic heterocycles. The highest BCUT2D eigenvalue weighted by atomic mass is 16.6. The fraction of sp³-hybridized carbons (Fsp3) is 0.294. The Morgan fingerprint density at radius 3 is 2.71 bits per heavy atom. The van der Waals surface area contributed by atoms with Gasteiger partial charge in [0.1, 0.15) is 0 Å². The lowest BCUT2D eigenvalue weighted by atomic mass is 10.1. The Kier molecular flexibility index (Phi) is 4.69. The molecule has 0 spiro atoms. The van der Waals surface area contributed by atoms with Crippen molar-refractivity contribution in [3.63, 3.8) is 0 Å². The quantitative estimate of drug-likeness (QED) is 0.651. The average Bonchev–Trinajstić information content (AvgIpc) is 3.00. The van der Waals surface area contributed by atoms with Crippen molar-refractivity contribution in [2.75, 3.05) is 18.4 Å². The van der Waals surface area contributed by atoms with Crippen LogP contribution in [0.25, 0.3) is 0 Å². The first-order valence-electron chi connectivity index (χ1n) is 7.84. The molecule has 1 fully saturated rings. The molecule has 1 aromatic heterocycles. The van der Waals surface area contributed by atoms with Gasteiger partial charge in [0.05, 0.1) is 11.0 Å².